The molecule has 0 spiro atoms. The number of aromatic carboxylic acids is 1. The molecule has 1 aromatic rings. The zero-order valence-corrected chi connectivity index (χ0v) is 11.6. The van der Waals surface area contributed by atoms with Crippen LogP contribution in [0.1, 0.15) is 36.0 Å². The van der Waals surface area contributed by atoms with Crippen molar-refractivity contribution < 1.29 is 19.9 Å². The van der Waals surface area contributed by atoms with Crippen LogP contribution in [0.2, 0.25) is 0 Å². The number of nitro groups is 1. The number of carbonyl (C=O) groups is 1. The SMILES string of the molecule is CN(c1cc(C(=O)O)c([N+](=O)[O-])cn1)C1CCCCC1O. The molecule has 1 saturated carbocycles. The van der Waals surface area contributed by atoms with E-state index in [0.29, 0.717) is 12.2 Å². The summed E-state index contributed by atoms with van der Waals surface area (Å²) in [7, 11) is 1.71. The highest BCUT2D eigenvalue weighted by Crippen LogP contribution is 2.28. The monoisotopic (exact) mass is 295 g/mol. The zero-order chi connectivity index (χ0) is 15.6. The molecular weight excluding hydrogens is 278 g/mol. The Morgan fingerprint density at radius 3 is 2.71 bits per heavy atom. The quantitative estimate of drug-likeness (QED) is 0.637. The third-order valence-corrected chi connectivity index (χ3v) is 3.85. The number of rotatable bonds is 4. The molecule has 1 aliphatic carbocycles. The summed E-state index contributed by atoms with van der Waals surface area (Å²) in [5.41, 5.74) is -0.939. The van der Waals surface area contributed by atoms with E-state index in [-0.39, 0.29) is 6.04 Å². The van der Waals surface area contributed by atoms with Crippen molar-refractivity contribution >= 4 is 17.5 Å². The van der Waals surface area contributed by atoms with E-state index in [4.69, 9.17) is 5.11 Å². The summed E-state index contributed by atoms with van der Waals surface area (Å²) in [6, 6.07) is 1.02. The number of pyridine rings is 1. The molecule has 1 heterocycles. The maximum atomic E-state index is 11.1. The van der Waals surface area contributed by atoms with Gasteiger partial charge in [0.1, 0.15) is 17.6 Å². The number of likely N-dealkylation sites (N-methyl/N-ethyl adjacent to an activating group) is 1. The van der Waals surface area contributed by atoms with Crippen LogP contribution in [0.3, 0.4) is 0 Å². The second-order valence-corrected chi connectivity index (χ2v) is 5.15. The molecule has 0 saturated heterocycles. The highest BCUT2D eigenvalue weighted by Gasteiger charge is 2.29. The molecule has 0 bridgehead atoms. The average Bonchev–Trinajstić information content (AvgIpc) is 2.46. The van der Waals surface area contributed by atoms with Gasteiger partial charge in [-0.05, 0) is 12.8 Å². The van der Waals surface area contributed by atoms with Crippen LogP contribution in [-0.2, 0) is 0 Å². The van der Waals surface area contributed by atoms with E-state index >= 15 is 0 Å². The van der Waals surface area contributed by atoms with Crippen molar-refractivity contribution in [3.8, 4) is 0 Å². The van der Waals surface area contributed by atoms with Crippen molar-refractivity contribution in [2.24, 2.45) is 0 Å². The lowest BCUT2D eigenvalue weighted by Gasteiger charge is -2.35. The molecule has 21 heavy (non-hydrogen) atoms. The molecule has 2 unspecified atom stereocenters. The van der Waals surface area contributed by atoms with Crippen molar-refractivity contribution in [1.29, 1.82) is 0 Å². The maximum absolute atomic E-state index is 11.1. The Bertz CT molecular complexity index is 563. The van der Waals surface area contributed by atoms with Crippen LogP contribution < -0.4 is 4.90 Å². The number of aliphatic hydroxyl groups excluding tert-OH is 1. The Morgan fingerprint density at radius 2 is 2.14 bits per heavy atom. The molecule has 8 heteroatoms. The van der Waals surface area contributed by atoms with Crippen LogP contribution >= 0.6 is 0 Å². The van der Waals surface area contributed by atoms with Crippen molar-refractivity contribution in [2.75, 3.05) is 11.9 Å². The van der Waals surface area contributed by atoms with Gasteiger partial charge in [-0.3, -0.25) is 10.1 Å². The predicted molar refractivity (Wildman–Crippen MR) is 74.5 cm³/mol. The number of anilines is 1. The van der Waals surface area contributed by atoms with Gasteiger partial charge in [0.2, 0.25) is 0 Å². The summed E-state index contributed by atoms with van der Waals surface area (Å²) >= 11 is 0. The van der Waals surface area contributed by atoms with E-state index < -0.39 is 28.2 Å². The highest BCUT2D eigenvalue weighted by molar-refractivity contribution is 5.93. The van der Waals surface area contributed by atoms with Gasteiger partial charge in [0.25, 0.3) is 0 Å². The zero-order valence-electron chi connectivity index (χ0n) is 11.6. The van der Waals surface area contributed by atoms with E-state index in [9.17, 15) is 20.0 Å². The standard InChI is InChI=1S/C13H17N3O5/c1-15(9-4-2-3-5-11(9)17)12-6-8(13(18)19)10(7-14-12)16(20)21/h6-7,9,11,17H,2-5H2,1H3,(H,18,19). The van der Waals surface area contributed by atoms with Crippen LogP contribution in [0.15, 0.2) is 12.3 Å². The molecule has 1 fully saturated rings. The molecule has 0 radical (unpaired) electrons. The van der Waals surface area contributed by atoms with Crippen molar-refractivity contribution in [3.05, 3.63) is 27.9 Å². The third kappa shape index (κ3) is 3.10. The van der Waals surface area contributed by atoms with Crippen LogP contribution in [0.4, 0.5) is 11.5 Å². The summed E-state index contributed by atoms with van der Waals surface area (Å²) in [4.78, 5) is 26.8. The van der Waals surface area contributed by atoms with Gasteiger partial charge >= 0.3 is 11.7 Å². The van der Waals surface area contributed by atoms with E-state index in [1.807, 2.05) is 0 Å². The lowest BCUT2D eigenvalue weighted by atomic mass is 9.91. The second kappa shape index (κ2) is 6.04. The van der Waals surface area contributed by atoms with Gasteiger partial charge in [0.05, 0.1) is 17.1 Å². The number of hydrogen-bond donors (Lipinski definition) is 2. The first-order valence-electron chi connectivity index (χ1n) is 6.70. The Labute approximate surface area is 121 Å². The summed E-state index contributed by atoms with van der Waals surface area (Å²) in [6.07, 6.45) is 3.84. The average molecular weight is 295 g/mol. The van der Waals surface area contributed by atoms with E-state index in [1.54, 1.807) is 11.9 Å². The summed E-state index contributed by atoms with van der Waals surface area (Å²) in [5.74, 6) is -1.06. The Morgan fingerprint density at radius 1 is 1.48 bits per heavy atom. The third-order valence-electron chi connectivity index (χ3n) is 3.85. The lowest BCUT2D eigenvalue weighted by molar-refractivity contribution is -0.385. The van der Waals surface area contributed by atoms with E-state index in [1.165, 1.54) is 6.07 Å². The molecular formula is C13H17N3O5. The van der Waals surface area contributed by atoms with Gasteiger partial charge in [-0.2, -0.15) is 0 Å². The molecule has 2 N–H and O–H groups in total. The number of hydrogen-bond acceptors (Lipinski definition) is 6. The topological polar surface area (TPSA) is 117 Å². The van der Waals surface area contributed by atoms with E-state index in [0.717, 1.165) is 25.5 Å². The fourth-order valence-electron chi connectivity index (χ4n) is 2.66. The number of carboxylic acids is 1. The van der Waals surface area contributed by atoms with Crippen LogP contribution in [0.25, 0.3) is 0 Å². The molecule has 2 atom stereocenters. The first-order chi connectivity index (χ1) is 9.91. The van der Waals surface area contributed by atoms with Gasteiger partial charge < -0.3 is 15.1 Å². The van der Waals surface area contributed by atoms with Crippen molar-refractivity contribution in [3.63, 3.8) is 0 Å². The second-order valence-electron chi connectivity index (χ2n) is 5.15. The molecule has 1 aromatic heterocycles. The van der Waals surface area contributed by atoms with Gasteiger partial charge in [-0.15, -0.1) is 0 Å². The van der Waals surface area contributed by atoms with Crippen LogP contribution in [0.5, 0.6) is 0 Å². The predicted octanol–water partition coefficient (Wildman–Crippen LogP) is 1.43. The first-order valence-corrected chi connectivity index (χ1v) is 6.70. The Kier molecular flexibility index (Phi) is 4.37. The van der Waals surface area contributed by atoms with Crippen molar-refractivity contribution in [2.45, 2.75) is 37.8 Å². The molecule has 8 nitrogen and oxygen atoms in total. The molecule has 0 amide bonds. The van der Waals surface area contributed by atoms with Gasteiger partial charge in [0.15, 0.2) is 0 Å². The van der Waals surface area contributed by atoms with E-state index in [2.05, 4.69) is 4.98 Å². The highest BCUT2D eigenvalue weighted by atomic mass is 16.6. The summed E-state index contributed by atoms with van der Waals surface area (Å²) in [5, 5.41) is 29.9. The Balaban J connectivity index is 2.33. The minimum atomic E-state index is -1.37. The summed E-state index contributed by atoms with van der Waals surface area (Å²) < 4.78 is 0. The molecule has 114 valence electrons. The molecule has 0 aliphatic heterocycles. The molecule has 0 aromatic carbocycles. The number of aliphatic hydroxyl groups is 1. The van der Waals surface area contributed by atoms with Gasteiger partial charge in [0, 0.05) is 13.1 Å². The Hall–Kier alpha value is -2.22. The fourth-order valence-corrected chi connectivity index (χ4v) is 2.66. The number of carboxylic acid groups (broad SMARTS) is 1. The maximum Gasteiger partial charge on any atom is 0.342 e. The fraction of sp³-hybridized carbons (Fsp3) is 0.538. The lowest BCUT2D eigenvalue weighted by Crippen LogP contribution is -2.43. The molecule has 2 rings (SSSR count). The molecule has 1 aliphatic rings. The number of aromatic nitrogens is 1. The number of nitrogens with zero attached hydrogens (tertiary/aromatic N) is 3. The van der Waals surface area contributed by atoms with Crippen LogP contribution in [-0.4, -0.2) is 45.3 Å². The van der Waals surface area contributed by atoms with Gasteiger partial charge in [-0.25, -0.2) is 9.78 Å². The largest absolute Gasteiger partial charge is 0.477 e. The normalized spacial score (nSPS) is 21.8. The first kappa shape index (κ1) is 15.2. The summed E-state index contributed by atoms with van der Waals surface area (Å²) in [6.45, 7) is 0. The minimum absolute atomic E-state index is 0.158. The van der Waals surface area contributed by atoms with Crippen LogP contribution in [0, 0.1) is 10.1 Å². The minimum Gasteiger partial charge on any atom is -0.477 e. The smallest absolute Gasteiger partial charge is 0.342 e. The van der Waals surface area contributed by atoms with Crippen molar-refractivity contribution in [1.82, 2.24) is 4.98 Å². The van der Waals surface area contributed by atoms with Gasteiger partial charge in [-0.1, -0.05) is 12.8 Å².